The Morgan fingerprint density at radius 3 is 2.52 bits per heavy atom. The zero-order valence-corrected chi connectivity index (χ0v) is 25.9. The molecule has 1 amide bonds. The summed E-state index contributed by atoms with van der Waals surface area (Å²) >= 11 is 6.62. The highest BCUT2D eigenvalue weighted by Gasteiger charge is 2.55. The minimum Gasteiger partial charge on any atom is -0.490 e. The number of allylic oxidation sites excluding steroid dienone is 3. The van der Waals surface area contributed by atoms with Gasteiger partial charge in [0.2, 0.25) is 5.91 Å². The number of pyridine rings is 1. The standard InChI is InChI=1S/C35H35ClN4O4/c1-34(2)29(27-8-5-4-6-9-27)10-7-11-35(34,33(42)40-14-12-39(3)13-15-40)24-44-32-18-31(28(22-41)17-30(32)36)43-23-26-16-25(19-37)20-38-21-26/h4-11,16-18,20-22H,12-15,23-24H2,1-3H3. The van der Waals surface area contributed by atoms with E-state index in [9.17, 15) is 14.9 Å². The lowest BCUT2D eigenvalue weighted by molar-refractivity contribution is -0.147. The molecule has 1 aliphatic heterocycles. The summed E-state index contributed by atoms with van der Waals surface area (Å²) in [4.78, 5) is 34.7. The Morgan fingerprint density at radius 2 is 1.82 bits per heavy atom. The molecule has 0 bridgehead atoms. The molecule has 0 N–H and O–H groups in total. The number of benzene rings is 2. The molecule has 226 valence electrons. The summed E-state index contributed by atoms with van der Waals surface area (Å²) in [5, 5.41) is 9.42. The fourth-order valence-corrected chi connectivity index (χ4v) is 6.05. The number of nitrogens with zero attached hydrogens (tertiary/aromatic N) is 4. The third kappa shape index (κ3) is 6.12. The van der Waals surface area contributed by atoms with Crippen LogP contribution in [-0.2, 0) is 11.4 Å². The first kappa shape index (κ1) is 31.0. The van der Waals surface area contributed by atoms with Crippen molar-refractivity contribution in [3.8, 4) is 17.6 Å². The molecule has 3 aromatic rings. The van der Waals surface area contributed by atoms with Gasteiger partial charge >= 0.3 is 0 Å². The summed E-state index contributed by atoms with van der Waals surface area (Å²) in [7, 11) is 2.06. The number of rotatable bonds is 9. The Labute approximate surface area is 263 Å². The zero-order chi connectivity index (χ0) is 31.3. The highest BCUT2D eigenvalue weighted by Crippen LogP contribution is 2.53. The van der Waals surface area contributed by atoms with E-state index < -0.39 is 10.8 Å². The quantitative estimate of drug-likeness (QED) is 0.282. The number of halogens is 1. The number of likely N-dealkylation sites (N-methyl/N-ethyl adjacent to an activating group) is 1. The minimum absolute atomic E-state index is 0.00429. The molecule has 1 fully saturated rings. The molecular weight excluding hydrogens is 576 g/mol. The molecule has 0 radical (unpaired) electrons. The molecule has 2 aliphatic rings. The SMILES string of the molecule is CN1CCN(C(=O)C2(COc3cc(OCc4cncc(C#N)c4)c(C=O)cc3Cl)C=CC=C(c3ccccc3)C2(C)C)CC1. The lowest BCUT2D eigenvalue weighted by atomic mass is 9.58. The second kappa shape index (κ2) is 13.0. The number of nitriles is 1. The van der Waals surface area contributed by atoms with Gasteiger partial charge in [-0.25, -0.2) is 0 Å². The monoisotopic (exact) mass is 610 g/mol. The van der Waals surface area contributed by atoms with Crippen molar-refractivity contribution in [1.82, 2.24) is 14.8 Å². The Bertz CT molecular complexity index is 1640. The number of carbonyl (C=O) groups is 2. The fourth-order valence-electron chi connectivity index (χ4n) is 5.82. The second-order valence-electron chi connectivity index (χ2n) is 11.7. The van der Waals surface area contributed by atoms with Crippen LogP contribution in [0.3, 0.4) is 0 Å². The van der Waals surface area contributed by atoms with Gasteiger partial charge in [0.05, 0.1) is 16.1 Å². The van der Waals surface area contributed by atoms with Crippen LogP contribution in [0, 0.1) is 22.2 Å². The number of aromatic nitrogens is 1. The van der Waals surface area contributed by atoms with Gasteiger partial charge in [-0.2, -0.15) is 5.26 Å². The van der Waals surface area contributed by atoms with Crippen molar-refractivity contribution in [2.45, 2.75) is 20.5 Å². The molecule has 2 aromatic carbocycles. The molecule has 5 rings (SSSR count). The van der Waals surface area contributed by atoms with Crippen molar-refractivity contribution in [3.63, 3.8) is 0 Å². The molecule has 1 unspecified atom stereocenters. The highest BCUT2D eigenvalue weighted by molar-refractivity contribution is 6.32. The minimum atomic E-state index is -1.06. The Hall–Kier alpha value is -4.45. The second-order valence-corrected chi connectivity index (χ2v) is 12.1. The van der Waals surface area contributed by atoms with Crippen LogP contribution in [0.5, 0.6) is 11.5 Å². The molecule has 1 aliphatic carbocycles. The maximum atomic E-state index is 14.6. The summed E-state index contributed by atoms with van der Waals surface area (Å²) in [5.74, 6) is 0.557. The zero-order valence-electron chi connectivity index (χ0n) is 25.1. The van der Waals surface area contributed by atoms with Gasteiger partial charge in [0, 0.05) is 55.6 Å². The summed E-state index contributed by atoms with van der Waals surface area (Å²) in [6, 6.07) is 16.9. The molecule has 0 spiro atoms. The van der Waals surface area contributed by atoms with E-state index >= 15 is 0 Å². The van der Waals surface area contributed by atoms with E-state index in [2.05, 4.69) is 55.1 Å². The molecule has 8 nitrogen and oxygen atoms in total. The number of hydrogen-bond acceptors (Lipinski definition) is 7. The summed E-state index contributed by atoms with van der Waals surface area (Å²) < 4.78 is 12.4. The number of ether oxygens (including phenoxy) is 2. The van der Waals surface area contributed by atoms with Crippen molar-refractivity contribution in [1.29, 1.82) is 5.26 Å². The number of piperazine rings is 1. The molecule has 1 aromatic heterocycles. The van der Waals surface area contributed by atoms with Crippen LogP contribution in [0.15, 0.2) is 79.2 Å². The Morgan fingerprint density at radius 1 is 1.07 bits per heavy atom. The lowest BCUT2D eigenvalue weighted by Crippen LogP contribution is -2.58. The molecule has 2 heterocycles. The first-order valence-electron chi connectivity index (χ1n) is 14.5. The van der Waals surface area contributed by atoms with Gasteiger partial charge in [0.1, 0.15) is 36.2 Å². The Balaban J connectivity index is 1.47. The summed E-state index contributed by atoms with van der Waals surface area (Å²) in [5.41, 5.74) is 1.69. The summed E-state index contributed by atoms with van der Waals surface area (Å²) in [6.45, 7) is 7.10. The van der Waals surface area contributed by atoms with Gasteiger partial charge in [-0.3, -0.25) is 14.6 Å². The van der Waals surface area contributed by atoms with Gasteiger partial charge < -0.3 is 19.3 Å². The number of aldehydes is 1. The van der Waals surface area contributed by atoms with Crippen molar-refractivity contribution < 1.29 is 19.1 Å². The van der Waals surface area contributed by atoms with Gasteiger partial charge in [-0.1, -0.05) is 74.0 Å². The van der Waals surface area contributed by atoms with Gasteiger partial charge in [-0.15, -0.1) is 0 Å². The largest absolute Gasteiger partial charge is 0.490 e. The third-order valence-electron chi connectivity index (χ3n) is 8.65. The van der Waals surface area contributed by atoms with Crippen LogP contribution in [0.25, 0.3) is 5.57 Å². The van der Waals surface area contributed by atoms with Gasteiger partial charge in [-0.05, 0) is 30.3 Å². The maximum Gasteiger partial charge on any atom is 0.237 e. The molecular formula is C35H35ClN4O4. The number of carbonyl (C=O) groups excluding carboxylic acids is 2. The van der Waals surface area contributed by atoms with E-state index in [1.165, 1.54) is 12.3 Å². The first-order chi connectivity index (χ1) is 21.2. The van der Waals surface area contributed by atoms with Crippen LogP contribution >= 0.6 is 11.6 Å². The van der Waals surface area contributed by atoms with Crippen molar-refractivity contribution in [2.75, 3.05) is 39.8 Å². The average Bonchev–Trinajstić information content (AvgIpc) is 3.04. The van der Waals surface area contributed by atoms with E-state index in [4.69, 9.17) is 21.1 Å². The van der Waals surface area contributed by atoms with Crippen molar-refractivity contribution in [2.24, 2.45) is 10.8 Å². The molecule has 0 saturated carbocycles. The van der Waals surface area contributed by atoms with Crippen LogP contribution < -0.4 is 9.47 Å². The summed E-state index contributed by atoms with van der Waals surface area (Å²) in [6.07, 6.45) is 9.70. The van der Waals surface area contributed by atoms with E-state index in [1.54, 1.807) is 18.3 Å². The number of hydrogen-bond donors (Lipinski definition) is 0. The van der Waals surface area contributed by atoms with E-state index in [0.29, 0.717) is 36.3 Å². The lowest BCUT2D eigenvalue weighted by Gasteiger charge is -2.49. The predicted octanol–water partition coefficient (Wildman–Crippen LogP) is 5.82. The van der Waals surface area contributed by atoms with Gasteiger partial charge in [0.15, 0.2) is 6.29 Å². The molecule has 9 heteroatoms. The highest BCUT2D eigenvalue weighted by atomic mass is 35.5. The molecule has 44 heavy (non-hydrogen) atoms. The van der Waals surface area contributed by atoms with Gasteiger partial charge in [0.25, 0.3) is 0 Å². The third-order valence-corrected chi connectivity index (χ3v) is 8.95. The van der Waals surface area contributed by atoms with E-state index in [0.717, 1.165) is 24.2 Å². The predicted molar refractivity (Wildman–Crippen MR) is 169 cm³/mol. The van der Waals surface area contributed by atoms with E-state index in [1.807, 2.05) is 35.3 Å². The smallest absolute Gasteiger partial charge is 0.237 e. The molecule has 1 saturated heterocycles. The first-order valence-corrected chi connectivity index (χ1v) is 14.9. The van der Waals surface area contributed by atoms with Crippen LogP contribution in [-0.4, -0.2) is 66.8 Å². The molecule has 1 atom stereocenters. The normalized spacial score (nSPS) is 19.5. The number of amides is 1. The van der Waals surface area contributed by atoms with Crippen LogP contribution in [0.2, 0.25) is 5.02 Å². The van der Waals surface area contributed by atoms with Crippen molar-refractivity contribution in [3.05, 3.63) is 106 Å². The van der Waals surface area contributed by atoms with Crippen molar-refractivity contribution >= 4 is 29.4 Å². The Kier molecular flexibility index (Phi) is 9.19. The maximum absolute atomic E-state index is 14.6. The van der Waals surface area contributed by atoms with Crippen LogP contribution in [0.4, 0.5) is 0 Å². The topological polar surface area (TPSA) is 95.8 Å². The fraction of sp³-hybridized carbons (Fsp3) is 0.314. The van der Waals surface area contributed by atoms with Crippen LogP contribution in [0.1, 0.15) is 40.9 Å². The average molecular weight is 611 g/mol. The van der Waals surface area contributed by atoms with E-state index in [-0.39, 0.29) is 35.5 Å².